The van der Waals surface area contributed by atoms with Crippen molar-refractivity contribution >= 4 is 17.5 Å². The van der Waals surface area contributed by atoms with E-state index in [1.807, 2.05) is 11.8 Å². The van der Waals surface area contributed by atoms with Gasteiger partial charge in [-0.2, -0.15) is 0 Å². The quantitative estimate of drug-likeness (QED) is 0.577. The molecule has 2 nitrogen and oxygen atoms in total. The maximum absolute atomic E-state index is 11.3. The highest BCUT2D eigenvalue weighted by atomic mass is 35.5. The number of hydrogen-bond donors (Lipinski definition) is 0. The van der Waals surface area contributed by atoms with E-state index in [1.165, 1.54) is 0 Å². The molecular weight excluding hydrogens is 174 g/mol. The van der Waals surface area contributed by atoms with Crippen LogP contribution < -0.4 is 0 Å². The van der Waals surface area contributed by atoms with Crippen molar-refractivity contribution in [3.05, 3.63) is 0 Å². The minimum Gasteiger partial charge on any atom is -0.342 e. The summed E-state index contributed by atoms with van der Waals surface area (Å²) in [6.07, 6.45) is 1.55. The summed E-state index contributed by atoms with van der Waals surface area (Å²) in [6, 6.07) is 0. The van der Waals surface area contributed by atoms with Crippen molar-refractivity contribution in [2.45, 2.75) is 32.1 Å². The zero-order chi connectivity index (χ0) is 9.14. The van der Waals surface area contributed by atoms with Crippen LogP contribution in [-0.4, -0.2) is 29.3 Å². The van der Waals surface area contributed by atoms with E-state index in [0.29, 0.717) is 12.3 Å². The van der Waals surface area contributed by atoms with E-state index in [9.17, 15) is 4.79 Å². The molecule has 2 unspecified atom stereocenters. The van der Waals surface area contributed by atoms with Crippen LogP contribution in [0.1, 0.15) is 26.7 Å². The number of rotatable bonds is 1. The molecule has 0 aromatic rings. The largest absolute Gasteiger partial charge is 0.342 e. The Morgan fingerprint density at radius 3 is 2.83 bits per heavy atom. The van der Waals surface area contributed by atoms with E-state index in [2.05, 4.69) is 6.92 Å². The third-order valence-corrected chi connectivity index (χ3v) is 3.10. The molecule has 1 aliphatic heterocycles. The van der Waals surface area contributed by atoms with Gasteiger partial charge in [-0.1, -0.05) is 13.8 Å². The summed E-state index contributed by atoms with van der Waals surface area (Å²) in [6.45, 7) is 5.68. The highest BCUT2D eigenvalue weighted by Crippen LogP contribution is 2.21. The van der Waals surface area contributed by atoms with Crippen molar-refractivity contribution < 1.29 is 4.79 Å². The Hall–Kier alpha value is -0.240. The van der Waals surface area contributed by atoms with Crippen LogP contribution >= 0.6 is 11.6 Å². The van der Waals surface area contributed by atoms with Crippen LogP contribution in [-0.2, 0) is 4.79 Å². The van der Waals surface area contributed by atoms with Gasteiger partial charge in [0.2, 0.25) is 5.91 Å². The summed E-state index contributed by atoms with van der Waals surface area (Å²) in [5, 5.41) is 0.255. The lowest BCUT2D eigenvalue weighted by atomic mass is 9.99. The number of halogens is 1. The third-order valence-electron chi connectivity index (χ3n) is 2.46. The number of carbonyl (C=O) groups excluding carboxylic acids is 1. The van der Waals surface area contributed by atoms with Gasteiger partial charge in [0.15, 0.2) is 0 Å². The number of alkyl halides is 1. The summed E-state index contributed by atoms with van der Waals surface area (Å²) in [7, 11) is 0. The van der Waals surface area contributed by atoms with Gasteiger partial charge in [0, 0.05) is 24.9 Å². The maximum Gasteiger partial charge on any atom is 0.222 e. The van der Waals surface area contributed by atoms with Crippen molar-refractivity contribution in [2.24, 2.45) is 5.92 Å². The molecule has 0 N–H and O–H groups in total. The second-order valence-corrected chi connectivity index (χ2v) is 4.04. The van der Waals surface area contributed by atoms with E-state index in [1.54, 1.807) is 0 Å². The topological polar surface area (TPSA) is 20.3 Å². The van der Waals surface area contributed by atoms with E-state index in [4.69, 9.17) is 11.6 Å². The molecule has 1 heterocycles. The highest BCUT2D eigenvalue weighted by molar-refractivity contribution is 6.20. The molecule has 0 saturated carbocycles. The number of nitrogens with zero attached hydrogens (tertiary/aromatic N) is 1. The summed E-state index contributed by atoms with van der Waals surface area (Å²) in [5.41, 5.74) is 0. The molecule has 1 saturated heterocycles. The van der Waals surface area contributed by atoms with Crippen LogP contribution in [0.2, 0.25) is 0 Å². The smallest absolute Gasteiger partial charge is 0.222 e. The normalized spacial score (nSPS) is 30.4. The van der Waals surface area contributed by atoms with Crippen molar-refractivity contribution in [3.8, 4) is 0 Å². The summed E-state index contributed by atoms with van der Waals surface area (Å²) in [5.74, 6) is 0.696. The molecule has 0 bridgehead atoms. The standard InChI is InChI=1S/C9H16ClNO/c1-3-9(12)11-5-4-8(10)7(2)6-11/h7-8H,3-6H2,1-2H3. The zero-order valence-corrected chi connectivity index (χ0v) is 8.47. The number of likely N-dealkylation sites (tertiary alicyclic amines) is 1. The molecule has 0 aromatic heterocycles. The van der Waals surface area contributed by atoms with Gasteiger partial charge in [0.1, 0.15) is 0 Å². The Bertz CT molecular complexity index is 172. The van der Waals surface area contributed by atoms with Crippen LogP contribution in [0.3, 0.4) is 0 Å². The molecule has 2 atom stereocenters. The molecule has 1 rings (SSSR count). The maximum atomic E-state index is 11.3. The van der Waals surface area contributed by atoms with E-state index >= 15 is 0 Å². The lowest BCUT2D eigenvalue weighted by Gasteiger charge is -2.33. The molecule has 3 heteroatoms. The molecular formula is C9H16ClNO. The van der Waals surface area contributed by atoms with E-state index in [0.717, 1.165) is 19.5 Å². The van der Waals surface area contributed by atoms with Crippen molar-refractivity contribution in [1.29, 1.82) is 0 Å². The van der Waals surface area contributed by atoms with Crippen LogP contribution in [0, 0.1) is 5.92 Å². The van der Waals surface area contributed by atoms with E-state index in [-0.39, 0.29) is 11.3 Å². The molecule has 0 aliphatic carbocycles. The Labute approximate surface area is 78.9 Å². The van der Waals surface area contributed by atoms with Crippen LogP contribution in [0.15, 0.2) is 0 Å². The summed E-state index contributed by atoms with van der Waals surface area (Å²) >= 11 is 6.04. The van der Waals surface area contributed by atoms with Crippen LogP contribution in [0.5, 0.6) is 0 Å². The van der Waals surface area contributed by atoms with E-state index < -0.39 is 0 Å². The van der Waals surface area contributed by atoms with Crippen molar-refractivity contribution in [2.75, 3.05) is 13.1 Å². The fraction of sp³-hybridized carbons (Fsp3) is 0.889. The Kier molecular flexibility index (Phi) is 3.39. The second-order valence-electron chi connectivity index (χ2n) is 3.48. The molecule has 0 aromatic carbocycles. The molecule has 1 fully saturated rings. The van der Waals surface area contributed by atoms with Gasteiger partial charge in [-0.25, -0.2) is 0 Å². The van der Waals surface area contributed by atoms with Gasteiger partial charge in [0.25, 0.3) is 0 Å². The lowest BCUT2D eigenvalue weighted by molar-refractivity contribution is -0.132. The molecule has 0 spiro atoms. The van der Waals surface area contributed by atoms with Crippen LogP contribution in [0.25, 0.3) is 0 Å². The van der Waals surface area contributed by atoms with Gasteiger partial charge >= 0.3 is 0 Å². The SMILES string of the molecule is CCC(=O)N1CCC(Cl)C(C)C1. The first-order valence-electron chi connectivity index (χ1n) is 4.57. The molecule has 70 valence electrons. The monoisotopic (exact) mass is 189 g/mol. The first-order chi connectivity index (χ1) is 5.65. The highest BCUT2D eigenvalue weighted by Gasteiger charge is 2.26. The summed E-state index contributed by atoms with van der Waals surface area (Å²) < 4.78 is 0. The van der Waals surface area contributed by atoms with Gasteiger partial charge < -0.3 is 4.90 Å². The number of hydrogen-bond acceptors (Lipinski definition) is 1. The Morgan fingerprint density at radius 1 is 1.67 bits per heavy atom. The fourth-order valence-corrected chi connectivity index (χ4v) is 1.74. The number of piperidine rings is 1. The average molecular weight is 190 g/mol. The Balaban J connectivity index is 2.45. The van der Waals surface area contributed by atoms with Gasteiger partial charge in [-0.05, 0) is 12.3 Å². The minimum absolute atomic E-state index is 0.255. The lowest BCUT2D eigenvalue weighted by Crippen LogP contribution is -2.43. The average Bonchev–Trinajstić information content (AvgIpc) is 2.08. The molecule has 0 radical (unpaired) electrons. The third kappa shape index (κ3) is 2.13. The first-order valence-corrected chi connectivity index (χ1v) is 5.00. The predicted molar refractivity (Wildman–Crippen MR) is 50.3 cm³/mol. The number of amides is 1. The van der Waals surface area contributed by atoms with Gasteiger partial charge in [-0.15, -0.1) is 11.6 Å². The zero-order valence-electron chi connectivity index (χ0n) is 7.72. The number of carbonyl (C=O) groups is 1. The second kappa shape index (κ2) is 4.13. The predicted octanol–water partition coefficient (Wildman–Crippen LogP) is 1.87. The molecule has 1 amide bonds. The minimum atomic E-state index is 0.255. The Morgan fingerprint density at radius 2 is 2.33 bits per heavy atom. The fourth-order valence-electron chi connectivity index (χ4n) is 1.57. The van der Waals surface area contributed by atoms with Gasteiger partial charge in [0.05, 0.1) is 0 Å². The van der Waals surface area contributed by atoms with Crippen molar-refractivity contribution in [1.82, 2.24) is 4.90 Å². The molecule has 12 heavy (non-hydrogen) atoms. The summed E-state index contributed by atoms with van der Waals surface area (Å²) in [4.78, 5) is 13.2. The van der Waals surface area contributed by atoms with Crippen molar-refractivity contribution in [3.63, 3.8) is 0 Å². The first kappa shape index (κ1) is 9.85. The van der Waals surface area contributed by atoms with Gasteiger partial charge in [-0.3, -0.25) is 4.79 Å². The molecule has 1 aliphatic rings. The van der Waals surface area contributed by atoms with Crippen LogP contribution in [0.4, 0.5) is 0 Å².